The first-order valence-electron chi connectivity index (χ1n) is 6.41. The third kappa shape index (κ3) is 5.68. The Balaban J connectivity index is 2.00. The maximum atomic E-state index is 11.4. The van der Waals surface area contributed by atoms with Gasteiger partial charge in [-0.25, -0.2) is 0 Å². The summed E-state index contributed by atoms with van der Waals surface area (Å²) in [4.78, 5) is 22.4. The van der Waals surface area contributed by atoms with Crippen LogP contribution in [-0.4, -0.2) is 37.0 Å². The molecule has 2 atom stereocenters. The first kappa shape index (κ1) is 14.0. The molecule has 1 aliphatic heterocycles. The highest BCUT2D eigenvalue weighted by Crippen LogP contribution is 2.04. The topological polar surface area (TPSA) is 70.2 Å². The van der Waals surface area contributed by atoms with Crippen molar-refractivity contribution >= 4 is 11.8 Å². The first-order valence-corrected chi connectivity index (χ1v) is 6.41. The van der Waals surface area contributed by atoms with Crippen molar-refractivity contribution in [2.24, 2.45) is 0 Å². The fourth-order valence-corrected chi connectivity index (χ4v) is 1.76. The van der Waals surface area contributed by atoms with Gasteiger partial charge < -0.3 is 16.0 Å². The predicted molar refractivity (Wildman–Crippen MR) is 66.5 cm³/mol. The molecule has 1 saturated heterocycles. The van der Waals surface area contributed by atoms with Crippen molar-refractivity contribution in [1.29, 1.82) is 0 Å². The maximum Gasteiger partial charge on any atom is 0.221 e. The molecule has 1 heterocycles. The van der Waals surface area contributed by atoms with Crippen LogP contribution >= 0.6 is 0 Å². The second-order valence-corrected chi connectivity index (χ2v) is 4.63. The lowest BCUT2D eigenvalue weighted by atomic mass is 10.2. The van der Waals surface area contributed by atoms with E-state index in [9.17, 15) is 9.59 Å². The molecule has 1 aliphatic rings. The Morgan fingerprint density at radius 2 is 2.35 bits per heavy atom. The van der Waals surface area contributed by atoms with Crippen LogP contribution in [0.5, 0.6) is 0 Å². The van der Waals surface area contributed by atoms with Crippen LogP contribution in [0.3, 0.4) is 0 Å². The number of hydrogen-bond acceptors (Lipinski definition) is 3. The second-order valence-electron chi connectivity index (χ2n) is 4.63. The average molecular weight is 241 g/mol. The minimum atomic E-state index is 0.0855. The van der Waals surface area contributed by atoms with Crippen molar-refractivity contribution in [3.8, 4) is 0 Å². The summed E-state index contributed by atoms with van der Waals surface area (Å²) in [6.45, 7) is 5.46. The van der Waals surface area contributed by atoms with Crippen LogP contribution in [0.1, 0.15) is 39.5 Å². The predicted octanol–water partition coefficient (Wildman–Crippen LogP) is 0.159. The van der Waals surface area contributed by atoms with Crippen LogP contribution in [0.2, 0.25) is 0 Å². The Morgan fingerprint density at radius 3 is 2.94 bits per heavy atom. The highest BCUT2D eigenvalue weighted by molar-refractivity contribution is 5.78. The average Bonchev–Trinajstić information content (AvgIpc) is 2.70. The maximum absolute atomic E-state index is 11.4. The largest absolute Gasteiger partial charge is 0.354 e. The highest BCUT2D eigenvalue weighted by Gasteiger charge is 2.19. The summed E-state index contributed by atoms with van der Waals surface area (Å²) in [5.74, 6) is 0.216. The fourth-order valence-electron chi connectivity index (χ4n) is 1.76. The van der Waals surface area contributed by atoms with Crippen LogP contribution < -0.4 is 16.0 Å². The fraction of sp³-hybridized carbons (Fsp3) is 0.833. The van der Waals surface area contributed by atoms with Crippen molar-refractivity contribution in [3.05, 3.63) is 0 Å². The molecule has 17 heavy (non-hydrogen) atoms. The van der Waals surface area contributed by atoms with E-state index in [2.05, 4.69) is 16.0 Å². The molecule has 0 saturated carbocycles. The number of amides is 2. The van der Waals surface area contributed by atoms with Gasteiger partial charge in [0.2, 0.25) is 11.8 Å². The molecular weight excluding hydrogens is 218 g/mol. The van der Waals surface area contributed by atoms with E-state index in [4.69, 9.17) is 0 Å². The summed E-state index contributed by atoms with van der Waals surface area (Å²) in [5.41, 5.74) is 0. The van der Waals surface area contributed by atoms with Gasteiger partial charge in [-0.3, -0.25) is 9.59 Å². The van der Waals surface area contributed by atoms with Gasteiger partial charge in [0.25, 0.3) is 0 Å². The van der Waals surface area contributed by atoms with Crippen LogP contribution in [0.15, 0.2) is 0 Å². The first-order chi connectivity index (χ1) is 8.11. The summed E-state index contributed by atoms with van der Waals surface area (Å²) < 4.78 is 0. The Morgan fingerprint density at radius 1 is 1.59 bits per heavy atom. The SMILES string of the molecule is CCC(C)NC(=O)CCNCC1CCC(=O)N1. The smallest absolute Gasteiger partial charge is 0.221 e. The minimum absolute atomic E-state index is 0.0855. The van der Waals surface area contributed by atoms with Gasteiger partial charge in [-0.1, -0.05) is 6.92 Å². The van der Waals surface area contributed by atoms with E-state index in [1.54, 1.807) is 0 Å². The van der Waals surface area contributed by atoms with Crippen LogP contribution in [0.4, 0.5) is 0 Å². The Bertz CT molecular complexity index is 268. The summed E-state index contributed by atoms with van der Waals surface area (Å²) in [5, 5.41) is 8.99. The third-order valence-corrected chi connectivity index (χ3v) is 3.02. The van der Waals surface area contributed by atoms with Gasteiger partial charge in [-0.15, -0.1) is 0 Å². The lowest BCUT2D eigenvalue weighted by molar-refractivity contribution is -0.122. The molecule has 2 amide bonds. The van der Waals surface area contributed by atoms with Crippen LogP contribution in [0.25, 0.3) is 0 Å². The zero-order valence-electron chi connectivity index (χ0n) is 10.7. The van der Waals surface area contributed by atoms with Crippen molar-refractivity contribution in [2.75, 3.05) is 13.1 Å². The molecule has 98 valence electrons. The normalized spacial score (nSPS) is 21.1. The molecule has 1 fully saturated rings. The van der Waals surface area contributed by atoms with Gasteiger partial charge >= 0.3 is 0 Å². The summed E-state index contributed by atoms with van der Waals surface area (Å²) in [6.07, 6.45) is 2.96. The molecule has 2 unspecified atom stereocenters. The molecule has 0 aromatic carbocycles. The lowest BCUT2D eigenvalue weighted by Gasteiger charge is -2.13. The van der Waals surface area contributed by atoms with Crippen LogP contribution in [-0.2, 0) is 9.59 Å². The van der Waals surface area contributed by atoms with Gasteiger partial charge in [-0.05, 0) is 19.8 Å². The molecule has 0 bridgehead atoms. The molecule has 0 spiro atoms. The molecule has 0 aromatic rings. The molecule has 5 heteroatoms. The number of nitrogens with one attached hydrogen (secondary N) is 3. The van der Waals surface area contributed by atoms with E-state index in [0.29, 0.717) is 19.4 Å². The molecule has 3 N–H and O–H groups in total. The quantitative estimate of drug-likeness (QED) is 0.556. The number of carbonyl (C=O) groups is 2. The second kappa shape index (κ2) is 7.27. The van der Waals surface area contributed by atoms with Crippen LogP contribution in [0, 0.1) is 0 Å². The Kier molecular flexibility index (Phi) is 5.97. The van der Waals surface area contributed by atoms with E-state index in [1.165, 1.54) is 0 Å². The number of carbonyl (C=O) groups excluding carboxylic acids is 2. The summed E-state index contributed by atoms with van der Waals surface area (Å²) >= 11 is 0. The van der Waals surface area contributed by atoms with Gasteiger partial charge in [0.05, 0.1) is 0 Å². The molecule has 0 radical (unpaired) electrons. The Hall–Kier alpha value is -1.10. The number of rotatable bonds is 7. The Labute approximate surface area is 103 Å². The zero-order chi connectivity index (χ0) is 12.7. The lowest BCUT2D eigenvalue weighted by Crippen LogP contribution is -2.38. The third-order valence-electron chi connectivity index (χ3n) is 3.02. The van der Waals surface area contributed by atoms with Crippen molar-refractivity contribution < 1.29 is 9.59 Å². The summed E-state index contributed by atoms with van der Waals surface area (Å²) in [7, 11) is 0. The van der Waals surface area contributed by atoms with Crippen molar-refractivity contribution in [3.63, 3.8) is 0 Å². The van der Waals surface area contributed by atoms with E-state index in [0.717, 1.165) is 19.4 Å². The van der Waals surface area contributed by atoms with Gasteiger partial charge in [0.15, 0.2) is 0 Å². The van der Waals surface area contributed by atoms with Crippen molar-refractivity contribution in [2.45, 2.75) is 51.6 Å². The molecular formula is C12H23N3O2. The molecule has 0 aliphatic carbocycles. The van der Waals surface area contributed by atoms with Gasteiger partial charge in [0, 0.05) is 38.0 Å². The molecule has 5 nitrogen and oxygen atoms in total. The van der Waals surface area contributed by atoms with Crippen molar-refractivity contribution in [1.82, 2.24) is 16.0 Å². The van der Waals surface area contributed by atoms with E-state index in [-0.39, 0.29) is 23.9 Å². The molecule has 0 aromatic heterocycles. The van der Waals surface area contributed by atoms with E-state index < -0.39 is 0 Å². The number of hydrogen-bond donors (Lipinski definition) is 3. The standard InChI is InChI=1S/C12H23N3O2/c1-3-9(2)14-12(17)6-7-13-8-10-4-5-11(16)15-10/h9-10,13H,3-8H2,1-2H3,(H,14,17)(H,15,16). The summed E-state index contributed by atoms with van der Waals surface area (Å²) in [6, 6.07) is 0.483. The van der Waals surface area contributed by atoms with Gasteiger partial charge in [0.1, 0.15) is 0 Å². The molecule has 1 rings (SSSR count). The minimum Gasteiger partial charge on any atom is -0.354 e. The van der Waals surface area contributed by atoms with Gasteiger partial charge in [-0.2, -0.15) is 0 Å². The monoisotopic (exact) mass is 241 g/mol. The van der Waals surface area contributed by atoms with E-state index in [1.807, 2.05) is 13.8 Å². The highest BCUT2D eigenvalue weighted by atomic mass is 16.2. The van der Waals surface area contributed by atoms with E-state index >= 15 is 0 Å². The zero-order valence-corrected chi connectivity index (χ0v) is 10.7.